The van der Waals surface area contributed by atoms with Crippen LogP contribution in [0.3, 0.4) is 0 Å². The molecule has 4 rings (SSSR count). The number of para-hydroxylation sites is 1. The average Bonchev–Trinajstić information content (AvgIpc) is 3.24. The van der Waals surface area contributed by atoms with Gasteiger partial charge in [-0.25, -0.2) is 4.98 Å². The fraction of sp³-hybridized carbons (Fsp3) is 0.353. The van der Waals surface area contributed by atoms with E-state index in [9.17, 15) is 4.79 Å². The highest BCUT2D eigenvalue weighted by molar-refractivity contribution is 6.05. The molecule has 1 aliphatic carbocycles. The molecule has 0 bridgehead atoms. The van der Waals surface area contributed by atoms with Gasteiger partial charge in [0, 0.05) is 37.9 Å². The van der Waals surface area contributed by atoms with Crippen LogP contribution in [0.1, 0.15) is 29.2 Å². The van der Waals surface area contributed by atoms with E-state index in [1.807, 2.05) is 54.0 Å². The molecule has 0 saturated heterocycles. The van der Waals surface area contributed by atoms with Crippen molar-refractivity contribution in [2.75, 3.05) is 0 Å². The summed E-state index contributed by atoms with van der Waals surface area (Å²) < 4.78 is 3.73. The number of amides is 1. The lowest BCUT2D eigenvalue weighted by molar-refractivity contribution is 0.0719. The van der Waals surface area contributed by atoms with E-state index >= 15 is 0 Å². The van der Waals surface area contributed by atoms with Gasteiger partial charge in [0.25, 0.3) is 5.91 Å². The summed E-state index contributed by atoms with van der Waals surface area (Å²) in [5, 5.41) is 5.38. The van der Waals surface area contributed by atoms with Crippen LogP contribution >= 0.6 is 0 Å². The molecule has 1 saturated carbocycles. The zero-order chi connectivity index (χ0) is 16.0. The Labute approximate surface area is 134 Å². The number of carbonyl (C=O) groups excluding carboxylic acids is 1. The molecule has 0 unspecified atom stereocenters. The van der Waals surface area contributed by atoms with E-state index in [4.69, 9.17) is 0 Å². The molecule has 2 aromatic heterocycles. The Kier molecular flexibility index (Phi) is 3.18. The van der Waals surface area contributed by atoms with E-state index in [2.05, 4.69) is 10.1 Å². The minimum Gasteiger partial charge on any atom is -0.337 e. The van der Waals surface area contributed by atoms with Gasteiger partial charge in [0.15, 0.2) is 5.69 Å². The summed E-state index contributed by atoms with van der Waals surface area (Å²) in [5.41, 5.74) is 1.51. The third-order valence-electron chi connectivity index (χ3n) is 4.44. The van der Waals surface area contributed by atoms with Crippen LogP contribution in [0.2, 0.25) is 0 Å². The normalized spacial score (nSPS) is 14.3. The average molecular weight is 309 g/mol. The van der Waals surface area contributed by atoms with E-state index in [0.717, 1.165) is 29.6 Å². The van der Waals surface area contributed by atoms with E-state index in [1.54, 1.807) is 10.9 Å². The van der Waals surface area contributed by atoms with Gasteiger partial charge in [-0.1, -0.05) is 18.2 Å². The van der Waals surface area contributed by atoms with Gasteiger partial charge in [-0.2, -0.15) is 5.10 Å². The number of rotatable bonds is 4. The van der Waals surface area contributed by atoms with Crippen molar-refractivity contribution in [2.45, 2.75) is 25.4 Å². The van der Waals surface area contributed by atoms with Gasteiger partial charge in [-0.3, -0.25) is 9.48 Å². The SMILES string of the molecule is Cn1ccnc1CN(C(=O)c1nn(C)c2ccccc12)C1CC1. The number of hydrogen-bond donors (Lipinski definition) is 0. The van der Waals surface area contributed by atoms with Crippen molar-refractivity contribution in [1.82, 2.24) is 24.2 Å². The maximum atomic E-state index is 13.1. The van der Waals surface area contributed by atoms with Gasteiger partial charge >= 0.3 is 0 Å². The zero-order valence-corrected chi connectivity index (χ0v) is 13.3. The molecule has 0 N–H and O–H groups in total. The number of fused-ring (bicyclic) bond motifs is 1. The van der Waals surface area contributed by atoms with E-state index in [-0.39, 0.29) is 5.91 Å². The molecular formula is C17H19N5O. The predicted octanol–water partition coefficient (Wildman–Crippen LogP) is 2.11. The lowest BCUT2D eigenvalue weighted by Crippen LogP contribution is -2.34. The number of aryl methyl sites for hydroxylation is 2. The highest BCUT2D eigenvalue weighted by Gasteiger charge is 2.35. The molecule has 1 amide bonds. The van der Waals surface area contributed by atoms with Crippen LogP contribution in [0.5, 0.6) is 0 Å². The molecule has 3 aromatic rings. The van der Waals surface area contributed by atoms with Crippen molar-refractivity contribution in [2.24, 2.45) is 14.1 Å². The Balaban J connectivity index is 1.71. The Morgan fingerprint density at radius 2 is 2.09 bits per heavy atom. The summed E-state index contributed by atoms with van der Waals surface area (Å²) in [4.78, 5) is 19.4. The maximum Gasteiger partial charge on any atom is 0.275 e. The molecule has 0 atom stereocenters. The van der Waals surface area contributed by atoms with Gasteiger partial charge in [-0.15, -0.1) is 0 Å². The first-order valence-corrected chi connectivity index (χ1v) is 7.84. The molecule has 1 fully saturated rings. The third kappa shape index (κ3) is 2.40. The summed E-state index contributed by atoms with van der Waals surface area (Å²) in [6.45, 7) is 0.526. The van der Waals surface area contributed by atoms with E-state index < -0.39 is 0 Å². The van der Waals surface area contributed by atoms with Crippen LogP contribution in [-0.4, -0.2) is 36.2 Å². The maximum absolute atomic E-state index is 13.1. The first-order valence-electron chi connectivity index (χ1n) is 7.84. The molecule has 23 heavy (non-hydrogen) atoms. The van der Waals surface area contributed by atoms with Crippen molar-refractivity contribution in [3.05, 3.63) is 48.2 Å². The Morgan fingerprint density at radius 1 is 1.30 bits per heavy atom. The summed E-state index contributed by atoms with van der Waals surface area (Å²) in [5.74, 6) is 0.887. The quantitative estimate of drug-likeness (QED) is 0.742. The molecule has 118 valence electrons. The highest BCUT2D eigenvalue weighted by Crippen LogP contribution is 2.30. The van der Waals surface area contributed by atoms with Gasteiger partial charge in [-0.05, 0) is 18.9 Å². The molecule has 6 heteroatoms. The van der Waals surface area contributed by atoms with Crippen molar-refractivity contribution < 1.29 is 4.79 Å². The van der Waals surface area contributed by atoms with E-state index in [0.29, 0.717) is 18.3 Å². The highest BCUT2D eigenvalue weighted by atomic mass is 16.2. The molecule has 0 spiro atoms. The summed E-state index contributed by atoms with van der Waals surface area (Å²) in [6, 6.07) is 8.16. The summed E-state index contributed by atoms with van der Waals surface area (Å²) >= 11 is 0. The lowest BCUT2D eigenvalue weighted by Gasteiger charge is -2.21. The largest absolute Gasteiger partial charge is 0.337 e. The second-order valence-electron chi connectivity index (χ2n) is 6.11. The molecule has 6 nitrogen and oxygen atoms in total. The van der Waals surface area contributed by atoms with Crippen molar-refractivity contribution in [3.63, 3.8) is 0 Å². The number of nitrogens with zero attached hydrogens (tertiary/aromatic N) is 5. The van der Waals surface area contributed by atoms with Gasteiger partial charge in [0.2, 0.25) is 0 Å². The molecular weight excluding hydrogens is 290 g/mol. The van der Waals surface area contributed by atoms with Gasteiger partial charge in [0.05, 0.1) is 12.1 Å². The number of carbonyl (C=O) groups is 1. The zero-order valence-electron chi connectivity index (χ0n) is 13.3. The molecule has 1 aromatic carbocycles. The Bertz CT molecular complexity index is 874. The Morgan fingerprint density at radius 3 is 2.78 bits per heavy atom. The smallest absolute Gasteiger partial charge is 0.275 e. The van der Waals surface area contributed by atoms with Crippen LogP contribution in [0.15, 0.2) is 36.7 Å². The topological polar surface area (TPSA) is 56.0 Å². The number of hydrogen-bond acceptors (Lipinski definition) is 3. The van der Waals surface area contributed by atoms with Crippen LogP contribution in [0.4, 0.5) is 0 Å². The summed E-state index contributed by atoms with van der Waals surface area (Å²) in [7, 11) is 3.83. The van der Waals surface area contributed by atoms with Gasteiger partial charge in [0.1, 0.15) is 5.82 Å². The second kappa shape index (κ2) is 5.22. The lowest BCUT2D eigenvalue weighted by atomic mass is 10.2. The molecule has 1 aliphatic rings. The first kappa shape index (κ1) is 14.0. The monoisotopic (exact) mass is 309 g/mol. The van der Waals surface area contributed by atoms with Crippen LogP contribution in [0, 0.1) is 0 Å². The molecule has 0 aliphatic heterocycles. The van der Waals surface area contributed by atoms with E-state index in [1.165, 1.54) is 0 Å². The number of imidazole rings is 1. The Hall–Kier alpha value is -2.63. The van der Waals surface area contributed by atoms with Crippen molar-refractivity contribution in [3.8, 4) is 0 Å². The van der Waals surface area contributed by atoms with Crippen molar-refractivity contribution in [1.29, 1.82) is 0 Å². The number of aromatic nitrogens is 4. The minimum atomic E-state index is -0.00713. The van der Waals surface area contributed by atoms with Crippen LogP contribution in [0.25, 0.3) is 10.9 Å². The van der Waals surface area contributed by atoms with Crippen molar-refractivity contribution >= 4 is 16.8 Å². The first-order chi connectivity index (χ1) is 11.1. The van der Waals surface area contributed by atoms with Crippen LogP contribution in [-0.2, 0) is 20.6 Å². The standard InChI is InChI=1S/C17H19N5O/c1-20-10-9-18-15(20)11-22(12-7-8-12)17(23)16-13-5-3-4-6-14(13)21(2)19-16/h3-6,9-10,12H,7-8,11H2,1-2H3. The minimum absolute atomic E-state index is 0.00713. The summed E-state index contributed by atoms with van der Waals surface area (Å²) in [6.07, 6.45) is 5.78. The third-order valence-corrected chi connectivity index (χ3v) is 4.44. The fourth-order valence-electron chi connectivity index (χ4n) is 2.96. The molecule has 0 radical (unpaired) electrons. The fourth-order valence-corrected chi connectivity index (χ4v) is 2.96. The van der Waals surface area contributed by atoms with Crippen LogP contribution < -0.4 is 0 Å². The second-order valence-corrected chi connectivity index (χ2v) is 6.11. The molecule has 2 heterocycles. The number of benzene rings is 1. The van der Waals surface area contributed by atoms with Gasteiger partial charge < -0.3 is 9.47 Å². The predicted molar refractivity (Wildman–Crippen MR) is 86.8 cm³/mol.